The lowest BCUT2D eigenvalue weighted by Crippen LogP contribution is -2.44. The zero-order chi connectivity index (χ0) is 13.9. The highest BCUT2D eigenvalue weighted by molar-refractivity contribution is 6.34. The molecule has 1 aromatic rings. The maximum atomic E-state index is 6.27. The van der Waals surface area contributed by atoms with Crippen LogP contribution in [0.2, 0.25) is 10.2 Å². The Morgan fingerprint density at radius 3 is 2.75 bits per heavy atom. The SMILES string of the molecule is Clc1cc(Cl)c(CN(CC2CCCCN2)C2CC2)cn1. The smallest absolute Gasteiger partial charge is 0.130 e. The molecule has 1 aliphatic carbocycles. The first-order chi connectivity index (χ1) is 9.72. The third kappa shape index (κ3) is 3.85. The van der Waals surface area contributed by atoms with Gasteiger partial charge in [-0.15, -0.1) is 0 Å². The molecule has 3 nitrogen and oxygen atoms in total. The van der Waals surface area contributed by atoms with Crippen molar-refractivity contribution in [3.05, 3.63) is 28.0 Å². The molecule has 110 valence electrons. The molecule has 1 N–H and O–H groups in total. The highest BCUT2D eigenvalue weighted by Crippen LogP contribution is 2.30. The quantitative estimate of drug-likeness (QED) is 0.843. The molecule has 2 heterocycles. The van der Waals surface area contributed by atoms with Gasteiger partial charge in [-0.05, 0) is 38.3 Å². The van der Waals surface area contributed by atoms with E-state index in [0.29, 0.717) is 11.2 Å². The monoisotopic (exact) mass is 313 g/mol. The summed E-state index contributed by atoms with van der Waals surface area (Å²) in [6.45, 7) is 3.15. The molecule has 3 rings (SSSR count). The highest BCUT2D eigenvalue weighted by Gasteiger charge is 2.31. The van der Waals surface area contributed by atoms with Crippen molar-refractivity contribution in [2.45, 2.75) is 50.7 Å². The van der Waals surface area contributed by atoms with Crippen molar-refractivity contribution >= 4 is 23.2 Å². The van der Waals surface area contributed by atoms with Crippen LogP contribution >= 0.6 is 23.2 Å². The van der Waals surface area contributed by atoms with Gasteiger partial charge in [-0.25, -0.2) is 4.98 Å². The van der Waals surface area contributed by atoms with Gasteiger partial charge in [-0.2, -0.15) is 0 Å². The topological polar surface area (TPSA) is 28.2 Å². The van der Waals surface area contributed by atoms with E-state index in [9.17, 15) is 0 Å². The third-order valence-corrected chi connectivity index (χ3v) is 4.76. The van der Waals surface area contributed by atoms with Crippen LogP contribution in [0.15, 0.2) is 12.3 Å². The Labute approximate surface area is 130 Å². The number of piperidine rings is 1. The third-order valence-electron chi connectivity index (χ3n) is 4.20. The largest absolute Gasteiger partial charge is 0.313 e. The van der Waals surface area contributed by atoms with Crippen LogP contribution in [0.5, 0.6) is 0 Å². The summed E-state index contributed by atoms with van der Waals surface area (Å²) < 4.78 is 0. The molecule has 0 aromatic carbocycles. The molecule has 1 atom stereocenters. The molecule has 1 saturated heterocycles. The lowest BCUT2D eigenvalue weighted by molar-refractivity contribution is 0.208. The second-order valence-electron chi connectivity index (χ2n) is 5.91. The minimum absolute atomic E-state index is 0.464. The van der Waals surface area contributed by atoms with Gasteiger partial charge in [0.2, 0.25) is 0 Å². The first-order valence-electron chi connectivity index (χ1n) is 7.50. The summed E-state index contributed by atoms with van der Waals surface area (Å²) >= 11 is 12.1. The van der Waals surface area contributed by atoms with E-state index in [1.54, 1.807) is 6.07 Å². The molecule has 0 bridgehead atoms. The average Bonchev–Trinajstić information content (AvgIpc) is 3.26. The van der Waals surface area contributed by atoms with Gasteiger partial charge in [-0.3, -0.25) is 4.90 Å². The molecular formula is C15H21Cl2N3. The number of nitrogens with one attached hydrogen (secondary N) is 1. The summed E-state index contributed by atoms with van der Waals surface area (Å²) in [5, 5.41) is 4.82. The fourth-order valence-electron chi connectivity index (χ4n) is 2.92. The number of aromatic nitrogens is 1. The number of nitrogens with zero attached hydrogens (tertiary/aromatic N) is 2. The second-order valence-corrected chi connectivity index (χ2v) is 6.70. The van der Waals surface area contributed by atoms with Gasteiger partial charge >= 0.3 is 0 Å². The minimum Gasteiger partial charge on any atom is -0.313 e. The Hall–Kier alpha value is -0.350. The molecule has 0 spiro atoms. The van der Waals surface area contributed by atoms with Gasteiger partial charge < -0.3 is 5.32 Å². The number of hydrogen-bond donors (Lipinski definition) is 1. The van der Waals surface area contributed by atoms with E-state index in [1.807, 2.05) is 6.20 Å². The Morgan fingerprint density at radius 2 is 2.10 bits per heavy atom. The lowest BCUT2D eigenvalue weighted by atomic mass is 10.0. The van der Waals surface area contributed by atoms with Crippen LogP contribution in [0.1, 0.15) is 37.7 Å². The summed E-state index contributed by atoms with van der Waals surface area (Å²) in [5.41, 5.74) is 1.08. The van der Waals surface area contributed by atoms with E-state index < -0.39 is 0 Å². The highest BCUT2D eigenvalue weighted by atomic mass is 35.5. The molecule has 2 aliphatic rings. The Kier molecular flexibility index (Phi) is 4.82. The molecule has 5 heteroatoms. The molecule has 1 unspecified atom stereocenters. The van der Waals surface area contributed by atoms with Gasteiger partial charge in [0.05, 0.1) is 0 Å². The minimum atomic E-state index is 0.464. The van der Waals surface area contributed by atoms with E-state index in [4.69, 9.17) is 23.2 Å². The van der Waals surface area contributed by atoms with Crippen molar-refractivity contribution in [1.82, 2.24) is 15.2 Å². The van der Waals surface area contributed by atoms with Crippen molar-refractivity contribution in [2.75, 3.05) is 13.1 Å². The summed E-state index contributed by atoms with van der Waals surface area (Å²) in [6.07, 6.45) is 8.38. The van der Waals surface area contributed by atoms with Crippen molar-refractivity contribution in [3.63, 3.8) is 0 Å². The van der Waals surface area contributed by atoms with Gasteiger partial charge in [0.15, 0.2) is 0 Å². The van der Waals surface area contributed by atoms with Gasteiger partial charge in [0.25, 0.3) is 0 Å². The first kappa shape index (κ1) is 14.6. The Morgan fingerprint density at radius 1 is 1.25 bits per heavy atom. The van der Waals surface area contributed by atoms with Crippen LogP contribution in [0, 0.1) is 0 Å². The predicted octanol–water partition coefficient (Wildman–Crippen LogP) is 3.49. The Balaban J connectivity index is 1.64. The fraction of sp³-hybridized carbons (Fsp3) is 0.667. The number of halogens is 2. The van der Waals surface area contributed by atoms with E-state index in [1.165, 1.54) is 32.1 Å². The van der Waals surface area contributed by atoms with Crippen LogP contribution in [-0.4, -0.2) is 35.1 Å². The van der Waals surface area contributed by atoms with Crippen molar-refractivity contribution < 1.29 is 0 Å². The van der Waals surface area contributed by atoms with E-state index in [2.05, 4.69) is 15.2 Å². The van der Waals surface area contributed by atoms with Crippen molar-refractivity contribution in [1.29, 1.82) is 0 Å². The van der Waals surface area contributed by atoms with E-state index in [-0.39, 0.29) is 0 Å². The molecule has 1 aliphatic heterocycles. The van der Waals surface area contributed by atoms with Crippen molar-refractivity contribution in [3.8, 4) is 0 Å². The second kappa shape index (κ2) is 6.61. The maximum Gasteiger partial charge on any atom is 0.130 e. The van der Waals surface area contributed by atoms with Crippen LogP contribution in [0.25, 0.3) is 0 Å². The number of hydrogen-bond acceptors (Lipinski definition) is 3. The maximum absolute atomic E-state index is 6.27. The summed E-state index contributed by atoms with van der Waals surface area (Å²) in [4.78, 5) is 6.71. The normalized spacial score (nSPS) is 23.2. The van der Waals surface area contributed by atoms with E-state index in [0.717, 1.165) is 36.3 Å². The summed E-state index contributed by atoms with van der Waals surface area (Å²) in [7, 11) is 0. The molecule has 0 radical (unpaired) electrons. The summed E-state index contributed by atoms with van der Waals surface area (Å²) in [6, 6.07) is 3.09. The zero-order valence-electron chi connectivity index (χ0n) is 11.6. The van der Waals surface area contributed by atoms with E-state index >= 15 is 0 Å². The average molecular weight is 314 g/mol. The molecule has 20 heavy (non-hydrogen) atoms. The van der Waals surface area contributed by atoms with Crippen LogP contribution < -0.4 is 5.32 Å². The van der Waals surface area contributed by atoms with Crippen molar-refractivity contribution in [2.24, 2.45) is 0 Å². The molecule has 0 amide bonds. The standard InChI is InChI=1S/C15H21Cl2N3/c16-14-7-15(17)19-8-11(14)9-20(13-4-5-13)10-12-3-1-2-6-18-12/h7-8,12-13,18H,1-6,9-10H2. The molecule has 1 saturated carbocycles. The zero-order valence-corrected chi connectivity index (χ0v) is 13.1. The lowest BCUT2D eigenvalue weighted by Gasteiger charge is -2.30. The fourth-order valence-corrected chi connectivity index (χ4v) is 3.34. The van der Waals surface area contributed by atoms with Crippen LogP contribution in [0.3, 0.4) is 0 Å². The Bertz CT molecular complexity index is 456. The predicted molar refractivity (Wildman–Crippen MR) is 83.3 cm³/mol. The van der Waals surface area contributed by atoms with Crippen LogP contribution in [-0.2, 0) is 6.54 Å². The van der Waals surface area contributed by atoms with Crippen LogP contribution in [0.4, 0.5) is 0 Å². The first-order valence-corrected chi connectivity index (χ1v) is 8.25. The summed E-state index contributed by atoms with van der Waals surface area (Å²) in [5.74, 6) is 0. The van der Waals surface area contributed by atoms with Gasteiger partial charge in [0, 0.05) is 42.0 Å². The number of pyridine rings is 1. The molecular weight excluding hydrogens is 293 g/mol. The van der Waals surface area contributed by atoms with Gasteiger partial charge in [0.1, 0.15) is 5.15 Å². The van der Waals surface area contributed by atoms with Gasteiger partial charge in [-0.1, -0.05) is 29.6 Å². The molecule has 2 fully saturated rings. The molecule has 1 aromatic heterocycles. The number of rotatable bonds is 5.